The molecule has 3 heteroatoms. The molecular weight excluding hydrogens is 320 g/mol. The van der Waals surface area contributed by atoms with Crippen LogP contribution in [0, 0.1) is 20.8 Å². The van der Waals surface area contributed by atoms with Gasteiger partial charge in [-0.05, 0) is 49.6 Å². The zero-order valence-corrected chi connectivity index (χ0v) is 15.3. The first kappa shape index (κ1) is 16.4. The number of amides is 1. The highest BCUT2D eigenvalue weighted by molar-refractivity contribution is 6.11. The average Bonchev–Trinajstić information content (AvgIpc) is 2.91. The van der Waals surface area contributed by atoms with Gasteiger partial charge in [-0.3, -0.25) is 9.69 Å². The second-order valence-electron chi connectivity index (χ2n) is 6.86. The van der Waals surface area contributed by atoms with Crippen molar-refractivity contribution in [2.45, 2.75) is 26.9 Å². The van der Waals surface area contributed by atoms with E-state index in [9.17, 15) is 4.79 Å². The summed E-state index contributed by atoms with van der Waals surface area (Å²) in [5, 5.41) is 3.64. The first-order valence-corrected chi connectivity index (χ1v) is 8.89. The number of rotatable bonds is 3. The molecule has 1 amide bonds. The van der Waals surface area contributed by atoms with E-state index in [0.717, 1.165) is 28.1 Å². The molecule has 1 aliphatic rings. The van der Waals surface area contributed by atoms with E-state index >= 15 is 0 Å². The van der Waals surface area contributed by atoms with Gasteiger partial charge in [0.25, 0.3) is 5.91 Å². The third-order valence-electron chi connectivity index (χ3n) is 5.10. The molecule has 0 saturated carbocycles. The molecule has 3 aromatic rings. The van der Waals surface area contributed by atoms with Crippen molar-refractivity contribution < 1.29 is 4.79 Å². The van der Waals surface area contributed by atoms with Crippen molar-refractivity contribution in [3.05, 3.63) is 94.5 Å². The largest absolute Gasteiger partial charge is 0.361 e. The van der Waals surface area contributed by atoms with Crippen LogP contribution in [0.25, 0.3) is 0 Å². The topological polar surface area (TPSA) is 32.3 Å². The number of carbonyl (C=O) groups is 1. The predicted octanol–water partition coefficient (Wildman–Crippen LogP) is 5.38. The second-order valence-corrected chi connectivity index (χ2v) is 6.86. The van der Waals surface area contributed by atoms with Crippen molar-refractivity contribution in [2.24, 2.45) is 0 Å². The highest BCUT2D eigenvalue weighted by Crippen LogP contribution is 2.40. The Morgan fingerprint density at radius 1 is 0.769 bits per heavy atom. The van der Waals surface area contributed by atoms with Gasteiger partial charge in [0, 0.05) is 22.5 Å². The molecule has 130 valence electrons. The molecule has 1 aliphatic heterocycles. The number of carbonyl (C=O) groups excluding carboxylic acids is 1. The molecule has 3 nitrogen and oxygen atoms in total. The Hall–Kier alpha value is -3.07. The lowest BCUT2D eigenvalue weighted by Gasteiger charge is -2.29. The molecule has 4 rings (SSSR count). The first-order chi connectivity index (χ1) is 12.6. The summed E-state index contributed by atoms with van der Waals surface area (Å²) in [6.45, 7) is 6.23. The number of aryl methyl sites for hydroxylation is 3. The minimum absolute atomic E-state index is 0.0404. The number of para-hydroxylation sites is 2. The van der Waals surface area contributed by atoms with Crippen molar-refractivity contribution in [1.82, 2.24) is 0 Å². The van der Waals surface area contributed by atoms with Crippen LogP contribution in [0.1, 0.15) is 38.8 Å². The molecule has 1 atom stereocenters. The van der Waals surface area contributed by atoms with Crippen LogP contribution >= 0.6 is 0 Å². The van der Waals surface area contributed by atoms with E-state index in [1.807, 2.05) is 60.4 Å². The van der Waals surface area contributed by atoms with Gasteiger partial charge in [-0.25, -0.2) is 0 Å². The molecule has 0 saturated heterocycles. The molecule has 3 aromatic carbocycles. The van der Waals surface area contributed by atoms with Crippen LogP contribution in [0.4, 0.5) is 11.4 Å². The summed E-state index contributed by atoms with van der Waals surface area (Å²) in [5.41, 5.74) is 7.24. The van der Waals surface area contributed by atoms with Crippen LogP contribution in [0.5, 0.6) is 0 Å². The fraction of sp³-hybridized carbons (Fsp3) is 0.174. The summed E-state index contributed by atoms with van der Waals surface area (Å²) in [5.74, 6) is 0.0404. The molecule has 0 bridgehead atoms. The van der Waals surface area contributed by atoms with E-state index in [2.05, 4.69) is 37.4 Å². The van der Waals surface area contributed by atoms with Crippen LogP contribution in [-0.2, 0) is 0 Å². The molecule has 0 spiro atoms. The summed E-state index contributed by atoms with van der Waals surface area (Å²) in [7, 11) is 0. The Labute approximate surface area is 154 Å². The van der Waals surface area contributed by atoms with Gasteiger partial charge >= 0.3 is 0 Å². The monoisotopic (exact) mass is 342 g/mol. The van der Waals surface area contributed by atoms with Crippen LogP contribution in [0.3, 0.4) is 0 Å². The summed E-state index contributed by atoms with van der Waals surface area (Å²) in [6, 6.07) is 22.2. The van der Waals surface area contributed by atoms with Gasteiger partial charge in [-0.1, -0.05) is 54.6 Å². The van der Waals surface area contributed by atoms with E-state index in [4.69, 9.17) is 0 Å². The van der Waals surface area contributed by atoms with Gasteiger partial charge in [0.05, 0.1) is 0 Å². The van der Waals surface area contributed by atoms with Gasteiger partial charge < -0.3 is 5.32 Å². The maximum atomic E-state index is 13.2. The number of anilines is 2. The quantitative estimate of drug-likeness (QED) is 0.693. The maximum absolute atomic E-state index is 13.2. The minimum Gasteiger partial charge on any atom is -0.361 e. The summed E-state index contributed by atoms with van der Waals surface area (Å²) in [6.07, 6.45) is -0.223. The standard InChI is InChI=1S/C23H22N2O/c1-15-9-4-7-14-20(15)25-22(18-12-5-6-13-19(18)23(25)26)24-21-16(2)10-8-11-17(21)3/h4-14,22,24H,1-3H3. The van der Waals surface area contributed by atoms with Gasteiger partial charge in [0.2, 0.25) is 0 Å². The SMILES string of the molecule is Cc1ccccc1N1C(=O)c2ccccc2C1Nc1c(C)cccc1C. The Bertz CT molecular complexity index is 973. The van der Waals surface area contributed by atoms with E-state index in [1.165, 1.54) is 11.1 Å². The zero-order chi connectivity index (χ0) is 18.3. The van der Waals surface area contributed by atoms with Gasteiger partial charge in [0.1, 0.15) is 6.17 Å². The normalized spacial score (nSPS) is 15.9. The second kappa shape index (κ2) is 6.34. The fourth-order valence-electron chi connectivity index (χ4n) is 3.72. The van der Waals surface area contributed by atoms with E-state index in [1.54, 1.807) is 0 Å². The third-order valence-corrected chi connectivity index (χ3v) is 5.10. The number of fused-ring (bicyclic) bond motifs is 1. The van der Waals surface area contributed by atoms with Crippen LogP contribution in [0.2, 0.25) is 0 Å². The highest BCUT2D eigenvalue weighted by Gasteiger charge is 2.38. The van der Waals surface area contributed by atoms with Crippen molar-refractivity contribution in [2.75, 3.05) is 10.2 Å². The van der Waals surface area contributed by atoms with E-state index in [0.29, 0.717) is 0 Å². The number of nitrogens with one attached hydrogen (secondary N) is 1. The molecule has 0 radical (unpaired) electrons. The molecule has 0 fully saturated rings. The van der Waals surface area contributed by atoms with Crippen LogP contribution < -0.4 is 10.2 Å². The maximum Gasteiger partial charge on any atom is 0.260 e. The zero-order valence-electron chi connectivity index (χ0n) is 15.3. The van der Waals surface area contributed by atoms with Crippen molar-refractivity contribution in [3.63, 3.8) is 0 Å². The van der Waals surface area contributed by atoms with Gasteiger partial charge in [0.15, 0.2) is 0 Å². The number of benzene rings is 3. The van der Waals surface area contributed by atoms with Gasteiger partial charge in [-0.15, -0.1) is 0 Å². The molecule has 1 heterocycles. The molecule has 26 heavy (non-hydrogen) atoms. The molecule has 0 aromatic heterocycles. The molecular formula is C23H22N2O. The lowest BCUT2D eigenvalue weighted by molar-refractivity contribution is 0.0992. The average molecular weight is 342 g/mol. The number of hydrogen-bond donors (Lipinski definition) is 1. The third kappa shape index (κ3) is 2.57. The molecule has 0 aliphatic carbocycles. The van der Waals surface area contributed by atoms with Crippen molar-refractivity contribution in [3.8, 4) is 0 Å². The predicted molar refractivity (Wildman–Crippen MR) is 107 cm³/mol. The lowest BCUT2D eigenvalue weighted by atomic mass is 10.1. The van der Waals surface area contributed by atoms with E-state index in [-0.39, 0.29) is 12.1 Å². The van der Waals surface area contributed by atoms with E-state index < -0.39 is 0 Å². The molecule has 1 unspecified atom stereocenters. The smallest absolute Gasteiger partial charge is 0.260 e. The minimum atomic E-state index is -0.223. The number of nitrogens with zero attached hydrogens (tertiary/aromatic N) is 1. The summed E-state index contributed by atoms with van der Waals surface area (Å²) < 4.78 is 0. The van der Waals surface area contributed by atoms with Crippen molar-refractivity contribution >= 4 is 17.3 Å². The lowest BCUT2D eigenvalue weighted by Crippen LogP contribution is -2.33. The number of hydrogen-bond acceptors (Lipinski definition) is 2. The highest BCUT2D eigenvalue weighted by atomic mass is 16.2. The summed E-state index contributed by atoms with van der Waals surface area (Å²) in [4.78, 5) is 15.1. The first-order valence-electron chi connectivity index (χ1n) is 8.89. The Balaban J connectivity index is 1.86. The Kier molecular flexibility index (Phi) is 4.00. The Morgan fingerprint density at radius 3 is 2.12 bits per heavy atom. The summed E-state index contributed by atoms with van der Waals surface area (Å²) >= 11 is 0. The Morgan fingerprint density at radius 2 is 1.38 bits per heavy atom. The van der Waals surface area contributed by atoms with Crippen LogP contribution in [0.15, 0.2) is 66.7 Å². The van der Waals surface area contributed by atoms with Gasteiger partial charge in [-0.2, -0.15) is 0 Å². The molecule has 1 N–H and O–H groups in total. The van der Waals surface area contributed by atoms with Crippen molar-refractivity contribution in [1.29, 1.82) is 0 Å². The van der Waals surface area contributed by atoms with Crippen LogP contribution in [-0.4, -0.2) is 5.91 Å². The fourth-order valence-corrected chi connectivity index (χ4v) is 3.72.